The second kappa shape index (κ2) is 11.2. The van der Waals surface area contributed by atoms with Crippen molar-refractivity contribution in [1.82, 2.24) is 4.98 Å². The van der Waals surface area contributed by atoms with Gasteiger partial charge < -0.3 is 0 Å². The van der Waals surface area contributed by atoms with Crippen molar-refractivity contribution < 1.29 is 0 Å². The summed E-state index contributed by atoms with van der Waals surface area (Å²) in [5.74, 6) is 4.14. The fourth-order valence-electron chi connectivity index (χ4n) is 5.74. The maximum absolute atomic E-state index is 4.66. The quantitative estimate of drug-likeness (QED) is 0.405. The van der Waals surface area contributed by atoms with E-state index in [9.17, 15) is 0 Å². The van der Waals surface area contributed by atoms with Crippen LogP contribution in [0.5, 0.6) is 0 Å². The highest BCUT2D eigenvalue weighted by Crippen LogP contribution is 2.43. The molecule has 0 aromatic carbocycles. The summed E-state index contributed by atoms with van der Waals surface area (Å²) in [5.41, 5.74) is 2.66. The third-order valence-electron chi connectivity index (χ3n) is 7.77. The molecular weight excluding hydrogens is 326 g/mol. The van der Waals surface area contributed by atoms with Crippen molar-refractivity contribution in [2.45, 2.75) is 110 Å². The van der Waals surface area contributed by atoms with Gasteiger partial charge in [-0.05, 0) is 80.2 Å². The fourth-order valence-corrected chi connectivity index (χ4v) is 5.74. The molecule has 0 spiro atoms. The van der Waals surface area contributed by atoms with Crippen molar-refractivity contribution in [2.75, 3.05) is 0 Å². The number of unbranched alkanes of at least 4 members (excludes halogenated alkanes) is 2. The van der Waals surface area contributed by atoms with E-state index in [1.807, 2.05) is 0 Å². The normalized spacial score (nSPS) is 29.0. The molecule has 0 saturated heterocycles. The fraction of sp³-hybridized carbons (Fsp3) is 0.808. The molecule has 1 aromatic rings. The highest BCUT2D eigenvalue weighted by atomic mass is 14.7. The summed E-state index contributed by atoms with van der Waals surface area (Å²) in [7, 11) is 0. The molecule has 0 bridgehead atoms. The van der Waals surface area contributed by atoms with E-state index in [0.717, 1.165) is 30.1 Å². The Morgan fingerprint density at radius 1 is 0.778 bits per heavy atom. The molecule has 0 unspecified atom stereocenters. The summed E-state index contributed by atoms with van der Waals surface area (Å²) in [6.45, 7) is 4.53. The van der Waals surface area contributed by atoms with Crippen LogP contribution in [0.4, 0.5) is 0 Å². The summed E-state index contributed by atoms with van der Waals surface area (Å²) in [6, 6.07) is 4.52. The zero-order chi connectivity index (χ0) is 18.9. The molecular formula is C26H43N. The molecule has 0 amide bonds. The molecule has 1 nitrogen and oxygen atoms in total. The minimum atomic E-state index is 0.958. The maximum Gasteiger partial charge on any atom is 0.0403 e. The Labute approximate surface area is 168 Å². The minimum absolute atomic E-state index is 0.958. The van der Waals surface area contributed by atoms with Crippen LogP contribution in [0.2, 0.25) is 0 Å². The number of hydrogen-bond donors (Lipinski definition) is 0. The largest absolute Gasteiger partial charge is 0.261 e. The van der Waals surface area contributed by atoms with E-state index in [1.54, 1.807) is 12.8 Å². The van der Waals surface area contributed by atoms with Crippen molar-refractivity contribution in [2.24, 2.45) is 23.7 Å². The number of pyridine rings is 1. The van der Waals surface area contributed by atoms with Crippen LogP contribution in [0, 0.1) is 23.7 Å². The number of nitrogens with zero attached hydrogens (tertiary/aromatic N) is 1. The van der Waals surface area contributed by atoms with E-state index in [4.69, 9.17) is 0 Å². The number of aryl methyl sites for hydroxylation is 2. The van der Waals surface area contributed by atoms with Gasteiger partial charge in [-0.1, -0.05) is 71.3 Å². The molecule has 1 heteroatoms. The van der Waals surface area contributed by atoms with Crippen LogP contribution < -0.4 is 0 Å². The topological polar surface area (TPSA) is 12.9 Å². The molecule has 2 fully saturated rings. The molecule has 1 heterocycles. The van der Waals surface area contributed by atoms with E-state index < -0.39 is 0 Å². The summed E-state index contributed by atoms with van der Waals surface area (Å²) < 4.78 is 0. The predicted molar refractivity (Wildman–Crippen MR) is 117 cm³/mol. The van der Waals surface area contributed by atoms with Crippen LogP contribution in [-0.4, -0.2) is 4.98 Å². The van der Waals surface area contributed by atoms with Crippen LogP contribution in [0.25, 0.3) is 0 Å². The lowest BCUT2D eigenvalue weighted by Gasteiger charge is -2.38. The summed E-state index contributed by atoms with van der Waals surface area (Å²) in [4.78, 5) is 4.66. The van der Waals surface area contributed by atoms with Crippen LogP contribution in [-0.2, 0) is 12.8 Å². The third-order valence-corrected chi connectivity index (χ3v) is 7.77. The Balaban J connectivity index is 1.32. The van der Waals surface area contributed by atoms with E-state index in [-0.39, 0.29) is 0 Å². The Kier molecular flexibility index (Phi) is 8.68. The van der Waals surface area contributed by atoms with Gasteiger partial charge in [-0.2, -0.15) is 0 Å². The first-order chi connectivity index (χ1) is 13.3. The van der Waals surface area contributed by atoms with Crippen molar-refractivity contribution in [1.29, 1.82) is 0 Å². The SMILES string of the molecule is CCCCC[C@H]1CC[C@H]([C@H]2CC[C@H](CCc3ccc(CC)cn3)CC2)CC1. The Hall–Kier alpha value is -0.850. The van der Waals surface area contributed by atoms with Crippen LogP contribution in [0.1, 0.15) is 109 Å². The molecule has 3 rings (SSSR count). The Bertz CT molecular complexity index is 504. The molecule has 1 aromatic heterocycles. The van der Waals surface area contributed by atoms with Crippen LogP contribution in [0.3, 0.4) is 0 Å². The van der Waals surface area contributed by atoms with Gasteiger partial charge in [0, 0.05) is 11.9 Å². The van der Waals surface area contributed by atoms with E-state index >= 15 is 0 Å². The van der Waals surface area contributed by atoms with Crippen LogP contribution in [0.15, 0.2) is 18.3 Å². The first-order valence-electron chi connectivity index (χ1n) is 12.2. The Morgan fingerprint density at radius 2 is 1.41 bits per heavy atom. The lowest BCUT2D eigenvalue weighted by molar-refractivity contribution is 0.140. The second-order valence-electron chi connectivity index (χ2n) is 9.61. The molecule has 2 aliphatic rings. The molecule has 27 heavy (non-hydrogen) atoms. The molecule has 0 atom stereocenters. The summed E-state index contributed by atoms with van der Waals surface area (Å²) >= 11 is 0. The van der Waals surface area contributed by atoms with Gasteiger partial charge in [-0.3, -0.25) is 4.98 Å². The van der Waals surface area contributed by atoms with Gasteiger partial charge in [-0.25, -0.2) is 0 Å². The lowest BCUT2D eigenvalue weighted by atomic mass is 9.68. The van der Waals surface area contributed by atoms with Crippen molar-refractivity contribution in [3.63, 3.8) is 0 Å². The molecule has 0 aliphatic heterocycles. The van der Waals surface area contributed by atoms with Gasteiger partial charge in [0.2, 0.25) is 0 Å². The van der Waals surface area contributed by atoms with Crippen molar-refractivity contribution >= 4 is 0 Å². The molecule has 152 valence electrons. The predicted octanol–water partition coefficient (Wildman–Crippen LogP) is 7.77. The number of hydrogen-bond acceptors (Lipinski definition) is 1. The first kappa shape index (κ1) is 20.9. The Morgan fingerprint density at radius 3 is 1.93 bits per heavy atom. The zero-order valence-electron chi connectivity index (χ0n) is 18.1. The molecule has 0 radical (unpaired) electrons. The summed E-state index contributed by atoms with van der Waals surface area (Å²) in [6.07, 6.45) is 23.7. The number of rotatable bonds is 9. The van der Waals surface area contributed by atoms with E-state index in [0.29, 0.717) is 0 Å². The van der Waals surface area contributed by atoms with Gasteiger partial charge in [0.15, 0.2) is 0 Å². The standard InChI is InChI=1S/C26H43N/c1-3-5-6-7-22-8-14-24(15-9-22)25-16-10-23(11-17-25)13-19-26-18-12-21(4-2)20-27-26/h12,18,20,22-25H,3-11,13-17,19H2,1-2H3/t22-,23-,24-,25-. The summed E-state index contributed by atoms with van der Waals surface area (Å²) in [5, 5.41) is 0. The van der Waals surface area contributed by atoms with E-state index in [2.05, 4.69) is 37.2 Å². The first-order valence-corrected chi connectivity index (χ1v) is 12.2. The highest BCUT2D eigenvalue weighted by Gasteiger charge is 2.30. The smallest absolute Gasteiger partial charge is 0.0403 e. The van der Waals surface area contributed by atoms with Gasteiger partial charge >= 0.3 is 0 Å². The van der Waals surface area contributed by atoms with Gasteiger partial charge in [0.05, 0.1) is 0 Å². The van der Waals surface area contributed by atoms with Gasteiger partial charge in [-0.15, -0.1) is 0 Å². The monoisotopic (exact) mass is 369 g/mol. The number of aromatic nitrogens is 1. The van der Waals surface area contributed by atoms with Gasteiger partial charge in [0.25, 0.3) is 0 Å². The maximum atomic E-state index is 4.66. The molecule has 0 N–H and O–H groups in total. The zero-order valence-corrected chi connectivity index (χ0v) is 18.1. The van der Waals surface area contributed by atoms with Crippen molar-refractivity contribution in [3.8, 4) is 0 Å². The average molecular weight is 370 g/mol. The van der Waals surface area contributed by atoms with E-state index in [1.165, 1.54) is 88.3 Å². The third kappa shape index (κ3) is 6.61. The van der Waals surface area contributed by atoms with Crippen LogP contribution >= 0.6 is 0 Å². The average Bonchev–Trinajstić information content (AvgIpc) is 2.74. The second-order valence-corrected chi connectivity index (χ2v) is 9.61. The minimum Gasteiger partial charge on any atom is -0.261 e. The molecule has 2 aliphatic carbocycles. The highest BCUT2D eigenvalue weighted by molar-refractivity contribution is 5.14. The molecule has 2 saturated carbocycles. The van der Waals surface area contributed by atoms with Crippen molar-refractivity contribution in [3.05, 3.63) is 29.6 Å². The lowest BCUT2D eigenvalue weighted by Crippen LogP contribution is -2.26. The van der Waals surface area contributed by atoms with Gasteiger partial charge in [0.1, 0.15) is 0 Å².